The second kappa shape index (κ2) is 4.86. The van der Waals surface area contributed by atoms with Crippen molar-refractivity contribution in [3.8, 4) is 0 Å². The molecule has 0 bridgehead atoms. The summed E-state index contributed by atoms with van der Waals surface area (Å²) in [4.78, 5) is 0. The van der Waals surface area contributed by atoms with Gasteiger partial charge in [-0.1, -0.05) is 33.1 Å². The fourth-order valence-corrected chi connectivity index (χ4v) is 2.19. The van der Waals surface area contributed by atoms with E-state index in [9.17, 15) is 0 Å². The summed E-state index contributed by atoms with van der Waals surface area (Å²) in [6.45, 7) is 4.61. The van der Waals surface area contributed by atoms with Crippen molar-refractivity contribution in [1.82, 2.24) is 0 Å². The molecule has 1 saturated carbocycles. The molecule has 1 aliphatic rings. The third-order valence-corrected chi connectivity index (χ3v) is 2.98. The predicted molar refractivity (Wildman–Crippen MR) is 54.0 cm³/mol. The monoisotopic (exact) mass is 169 g/mol. The van der Waals surface area contributed by atoms with E-state index >= 15 is 0 Å². The van der Waals surface area contributed by atoms with E-state index in [4.69, 9.17) is 5.73 Å². The molecular weight excluding hydrogens is 146 g/mol. The Labute approximate surface area is 76.7 Å². The SMILES string of the molecule is CC(C)CCCC1CCC(N)C1. The maximum atomic E-state index is 5.86. The highest BCUT2D eigenvalue weighted by atomic mass is 14.6. The molecule has 0 radical (unpaired) electrons. The average Bonchev–Trinajstić information content (AvgIpc) is 2.35. The van der Waals surface area contributed by atoms with Gasteiger partial charge in [-0.15, -0.1) is 0 Å². The van der Waals surface area contributed by atoms with Gasteiger partial charge in [-0.05, 0) is 31.1 Å². The standard InChI is InChI=1S/C11H23N/c1-9(2)4-3-5-10-6-7-11(12)8-10/h9-11H,3-8,12H2,1-2H3. The van der Waals surface area contributed by atoms with Crippen LogP contribution >= 0.6 is 0 Å². The molecule has 1 nitrogen and oxygen atoms in total. The molecular formula is C11H23N. The van der Waals surface area contributed by atoms with Crippen LogP contribution in [-0.2, 0) is 0 Å². The molecule has 0 aromatic heterocycles. The zero-order valence-corrected chi connectivity index (χ0v) is 8.55. The summed E-state index contributed by atoms with van der Waals surface area (Å²) in [5, 5.41) is 0. The van der Waals surface area contributed by atoms with E-state index in [1.807, 2.05) is 0 Å². The topological polar surface area (TPSA) is 26.0 Å². The van der Waals surface area contributed by atoms with Gasteiger partial charge in [0.1, 0.15) is 0 Å². The molecule has 2 N–H and O–H groups in total. The van der Waals surface area contributed by atoms with Crippen LogP contribution in [0, 0.1) is 11.8 Å². The third kappa shape index (κ3) is 3.57. The summed E-state index contributed by atoms with van der Waals surface area (Å²) in [5.41, 5.74) is 5.86. The van der Waals surface area contributed by atoms with E-state index in [1.54, 1.807) is 0 Å². The van der Waals surface area contributed by atoms with Crippen molar-refractivity contribution in [2.24, 2.45) is 17.6 Å². The Morgan fingerprint density at radius 2 is 2.08 bits per heavy atom. The first-order valence-electron chi connectivity index (χ1n) is 5.44. The average molecular weight is 169 g/mol. The van der Waals surface area contributed by atoms with Gasteiger partial charge in [0.2, 0.25) is 0 Å². The lowest BCUT2D eigenvalue weighted by Crippen LogP contribution is -2.14. The van der Waals surface area contributed by atoms with Gasteiger partial charge in [-0.3, -0.25) is 0 Å². The Morgan fingerprint density at radius 3 is 2.58 bits per heavy atom. The van der Waals surface area contributed by atoms with E-state index in [0.29, 0.717) is 6.04 Å². The number of nitrogens with two attached hydrogens (primary N) is 1. The highest BCUT2D eigenvalue weighted by Gasteiger charge is 2.20. The molecule has 0 aliphatic heterocycles. The number of hydrogen-bond acceptors (Lipinski definition) is 1. The molecule has 2 unspecified atom stereocenters. The van der Waals surface area contributed by atoms with Crippen LogP contribution in [0.5, 0.6) is 0 Å². The summed E-state index contributed by atoms with van der Waals surface area (Å²) in [7, 11) is 0. The molecule has 2 atom stereocenters. The lowest BCUT2D eigenvalue weighted by atomic mass is 9.97. The van der Waals surface area contributed by atoms with Gasteiger partial charge in [0, 0.05) is 6.04 Å². The second-order valence-corrected chi connectivity index (χ2v) is 4.76. The number of hydrogen-bond donors (Lipinski definition) is 1. The Balaban J connectivity index is 2.00. The van der Waals surface area contributed by atoms with Gasteiger partial charge < -0.3 is 5.73 Å². The molecule has 1 aliphatic carbocycles. The summed E-state index contributed by atoms with van der Waals surface area (Å²) >= 11 is 0. The van der Waals surface area contributed by atoms with E-state index < -0.39 is 0 Å². The zero-order valence-electron chi connectivity index (χ0n) is 8.55. The molecule has 1 fully saturated rings. The maximum absolute atomic E-state index is 5.86. The maximum Gasteiger partial charge on any atom is 0.00415 e. The molecule has 72 valence electrons. The Bertz CT molecular complexity index is 120. The Hall–Kier alpha value is -0.0400. The van der Waals surface area contributed by atoms with Crippen LogP contribution in [0.4, 0.5) is 0 Å². The molecule has 12 heavy (non-hydrogen) atoms. The van der Waals surface area contributed by atoms with Crippen molar-refractivity contribution in [2.75, 3.05) is 0 Å². The molecule has 0 spiro atoms. The van der Waals surface area contributed by atoms with E-state index in [0.717, 1.165) is 11.8 Å². The molecule has 0 heterocycles. The molecule has 1 heteroatoms. The minimum atomic E-state index is 0.522. The van der Waals surface area contributed by atoms with Crippen LogP contribution in [-0.4, -0.2) is 6.04 Å². The van der Waals surface area contributed by atoms with Crippen molar-refractivity contribution in [1.29, 1.82) is 0 Å². The highest BCUT2D eigenvalue weighted by Crippen LogP contribution is 2.28. The van der Waals surface area contributed by atoms with Crippen molar-refractivity contribution < 1.29 is 0 Å². The van der Waals surface area contributed by atoms with E-state index in [2.05, 4.69) is 13.8 Å². The summed E-state index contributed by atoms with van der Waals surface area (Å²) in [6, 6.07) is 0.522. The van der Waals surface area contributed by atoms with Gasteiger partial charge in [0.05, 0.1) is 0 Å². The lowest BCUT2D eigenvalue weighted by molar-refractivity contribution is 0.437. The predicted octanol–water partition coefficient (Wildman–Crippen LogP) is 2.94. The minimum absolute atomic E-state index is 0.522. The van der Waals surface area contributed by atoms with Crippen LogP contribution in [0.15, 0.2) is 0 Å². The fourth-order valence-electron chi connectivity index (χ4n) is 2.19. The summed E-state index contributed by atoms with van der Waals surface area (Å²) < 4.78 is 0. The summed E-state index contributed by atoms with van der Waals surface area (Å²) in [5.74, 6) is 1.83. The van der Waals surface area contributed by atoms with Crippen molar-refractivity contribution in [3.63, 3.8) is 0 Å². The van der Waals surface area contributed by atoms with Crippen LogP contribution in [0.25, 0.3) is 0 Å². The highest BCUT2D eigenvalue weighted by molar-refractivity contribution is 4.77. The smallest absolute Gasteiger partial charge is 0.00415 e. The first-order valence-corrected chi connectivity index (χ1v) is 5.44. The summed E-state index contributed by atoms with van der Waals surface area (Å²) in [6.07, 6.45) is 8.18. The zero-order chi connectivity index (χ0) is 8.97. The van der Waals surface area contributed by atoms with Gasteiger partial charge in [0.15, 0.2) is 0 Å². The molecule has 1 rings (SSSR count). The first kappa shape index (κ1) is 10.0. The van der Waals surface area contributed by atoms with Crippen LogP contribution in [0.1, 0.15) is 52.4 Å². The van der Waals surface area contributed by atoms with Crippen molar-refractivity contribution in [2.45, 2.75) is 58.4 Å². The lowest BCUT2D eigenvalue weighted by Gasteiger charge is -2.09. The van der Waals surface area contributed by atoms with E-state index in [-0.39, 0.29) is 0 Å². The largest absolute Gasteiger partial charge is 0.328 e. The van der Waals surface area contributed by atoms with Gasteiger partial charge >= 0.3 is 0 Å². The van der Waals surface area contributed by atoms with E-state index in [1.165, 1.54) is 38.5 Å². The normalized spacial score (nSPS) is 30.0. The molecule has 0 aromatic carbocycles. The molecule has 0 amide bonds. The van der Waals surface area contributed by atoms with Crippen molar-refractivity contribution in [3.05, 3.63) is 0 Å². The van der Waals surface area contributed by atoms with Crippen LogP contribution < -0.4 is 5.73 Å². The Morgan fingerprint density at radius 1 is 1.33 bits per heavy atom. The van der Waals surface area contributed by atoms with Crippen LogP contribution in [0.3, 0.4) is 0 Å². The first-order chi connectivity index (χ1) is 5.68. The van der Waals surface area contributed by atoms with Gasteiger partial charge in [-0.25, -0.2) is 0 Å². The second-order valence-electron chi connectivity index (χ2n) is 4.76. The number of rotatable bonds is 4. The Kier molecular flexibility index (Phi) is 4.07. The van der Waals surface area contributed by atoms with Gasteiger partial charge in [0.25, 0.3) is 0 Å². The fraction of sp³-hybridized carbons (Fsp3) is 1.00. The third-order valence-electron chi connectivity index (χ3n) is 2.98. The van der Waals surface area contributed by atoms with Crippen molar-refractivity contribution >= 4 is 0 Å². The van der Waals surface area contributed by atoms with Crippen LogP contribution in [0.2, 0.25) is 0 Å². The van der Waals surface area contributed by atoms with Gasteiger partial charge in [-0.2, -0.15) is 0 Å². The quantitative estimate of drug-likeness (QED) is 0.688. The minimum Gasteiger partial charge on any atom is -0.328 e. The molecule has 0 saturated heterocycles. The molecule has 0 aromatic rings.